The Morgan fingerprint density at radius 1 is 1.39 bits per heavy atom. The van der Waals surface area contributed by atoms with Crippen LogP contribution >= 0.6 is 0 Å². The quantitative estimate of drug-likeness (QED) is 0.677. The van der Waals surface area contributed by atoms with Crippen molar-refractivity contribution < 1.29 is 9.53 Å². The molecule has 4 heteroatoms. The molecule has 1 unspecified atom stereocenters. The second-order valence-electron chi connectivity index (χ2n) is 7.17. The largest absolute Gasteiger partial charge is 0.444 e. The summed E-state index contributed by atoms with van der Waals surface area (Å²) in [6.45, 7) is 15.6. The first-order valence-electron chi connectivity index (χ1n) is 6.70. The molecule has 0 saturated heterocycles. The molecular formula is C14H27NO2Si. The van der Waals surface area contributed by atoms with E-state index in [2.05, 4.69) is 32.6 Å². The molecule has 0 saturated carbocycles. The lowest BCUT2D eigenvalue weighted by atomic mass is 10.1. The summed E-state index contributed by atoms with van der Waals surface area (Å²) in [5, 5.41) is 1.56. The van der Waals surface area contributed by atoms with Crippen molar-refractivity contribution in [3.8, 4) is 0 Å². The molecule has 0 radical (unpaired) electrons. The van der Waals surface area contributed by atoms with Gasteiger partial charge in [-0.25, -0.2) is 4.79 Å². The minimum Gasteiger partial charge on any atom is -0.444 e. The third-order valence-electron chi connectivity index (χ3n) is 3.17. The molecule has 0 aromatic rings. The van der Waals surface area contributed by atoms with Crippen LogP contribution in [0, 0.1) is 0 Å². The first-order chi connectivity index (χ1) is 8.00. The molecule has 1 rings (SSSR count). The third-order valence-corrected chi connectivity index (χ3v) is 5.51. The van der Waals surface area contributed by atoms with Crippen molar-refractivity contribution in [3.05, 3.63) is 11.3 Å². The summed E-state index contributed by atoms with van der Waals surface area (Å²) in [6.07, 6.45) is 3.03. The van der Waals surface area contributed by atoms with Crippen molar-refractivity contribution in [1.29, 1.82) is 0 Å². The second kappa shape index (κ2) is 5.08. The standard InChI is InChI=1S/C14H27NO2Si/c1-11-10-12(18(5,6)7)8-9-15(11)13(16)17-14(2,3)4/h8,11H,9-10H2,1-7H3. The summed E-state index contributed by atoms with van der Waals surface area (Å²) in [7, 11) is -1.23. The van der Waals surface area contributed by atoms with Gasteiger partial charge in [0.05, 0.1) is 8.07 Å². The highest BCUT2D eigenvalue weighted by molar-refractivity contribution is 6.83. The molecule has 18 heavy (non-hydrogen) atoms. The van der Waals surface area contributed by atoms with Crippen LogP contribution in [0.25, 0.3) is 0 Å². The molecule has 0 N–H and O–H groups in total. The minimum atomic E-state index is -1.23. The maximum absolute atomic E-state index is 12.1. The number of amides is 1. The zero-order chi connectivity index (χ0) is 14.1. The summed E-state index contributed by atoms with van der Waals surface area (Å²) in [6, 6.07) is 0.242. The van der Waals surface area contributed by atoms with Crippen LogP contribution in [-0.2, 0) is 4.74 Å². The Morgan fingerprint density at radius 3 is 2.33 bits per heavy atom. The number of carbonyl (C=O) groups is 1. The molecule has 0 bridgehead atoms. The molecule has 1 aliphatic rings. The molecule has 0 aromatic heterocycles. The zero-order valence-corrected chi connectivity index (χ0v) is 13.8. The normalized spacial score (nSPS) is 21.6. The average Bonchev–Trinajstić information content (AvgIpc) is 2.12. The van der Waals surface area contributed by atoms with Crippen molar-refractivity contribution in [2.75, 3.05) is 6.54 Å². The zero-order valence-electron chi connectivity index (χ0n) is 12.8. The van der Waals surface area contributed by atoms with Crippen LogP contribution in [0.4, 0.5) is 4.79 Å². The third kappa shape index (κ3) is 4.16. The van der Waals surface area contributed by atoms with E-state index in [1.165, 1.54) is 0 Å². The van der Waals surface area contributed by atoms with E-state index in [0.29, 0.717) is 6.54 Å². The lowest BCUT2D eigenvalue weighted by Gasteiger charge is -2.37. The van der Waals surface area contributed by atoms with Crippen molar-refractivity contribution in [2.24, 2.45) is 0 Å². The fourth-order valence-corrected chi connectivity index (χ4v) is 3.70. The van der Waals surface area contributed by atoms with E-state index in [1.807, 2.05) is 25.7 Å². The number of rotatable bonds is 1. The van der Waals surface area contributed by atoms with E-state index in [4.69, 9.17) is 4.74 Å². The van der Waals surface area contributed by atoms with Crippen LogP contribution < -0.4 is 0 Å². The van der Waals surface area contributed by atoms with E-state index in [-0.39, 0.29) is 12.1 Å². The highest BCUT2D eigenvalue weighted by Crippen LogP contribution is 2.26. The molecule has 104 valence electrons. The lowest BCUT2D eigenvalue weighted by Crippen LogP contribution is -2.46. The van der Waals surface area contributed by atoms with E-state index in [1.54, 1.807) is 5.20 Å². The highest BCUT2D eigenvalue weighted by Gasteiger charge is 2.31. The highest BCUT2D eigenvalue weighted by atomic mass is 28.3. The SMILES string of the molecule is CC1CC([Si](C)(C)C)=CCN1C(=O)OC(C)(C)C. The Bertz CT molecular complexity index is 350. The first-order valence-corrected chi connectivity index (χ1v) is 10.2. The first kappa shape index (κ1) is 15.3. The molecular weight excluding hydrogens is 242 g/mol. The molecule has 1 atom stereocenters. The fraction of sp³-hybridized carbons (Fsp3) is 0.786. The van der Waals surface area contributed by atoms with Gasteiger partial charge in [-0.15, -0.1) is 0 Å². The van der Waals surface area contributed by atoms with Crippen LogP contribution in [0.5, 0.6) is 0 Å². The predicted octanol–water partition coefficient (Wildman–Crippen LogP) is 3.82. The van der Waals surface area contributed by atoms with Gasteiger partial charge in [0, 0.05) is 12.6 Å². The molecule has 1 amide bonds. The minimum absolute atomic E-state index is 0.194. The summed E-state index contributed by atoms with van der Waals surface area (Å²) < 4.78 is 5.44. The maximum atomic E-state index is 12.1. The number of ether oxygens (including phenoxy) is 1. The monoisotopic (exact) mass is 269 g/mol. The number of hydrogen-bond acceptors (Lipinski definition) is 2. The molecule has 3 nitrogen and oxygen atoms in total. The average molecular weight is 269 g/mol. The van der Waals surface area contributed by atoms with Gasteiger partial charge in [0.15, 0.2) is 0 Å². The van der Waals surface area contributed by atoms with Gasteiger partial charge in [-0.3, -0.25) is 0 Å². The predicted molar refractivity (Wildman–Crippen MR) is 78.4 cm³/mol. The van der Waals surface area contributed by atoms with Crippen molar-refractivity contribution in [3.63, 3.8) is 0 Å². The van der Waals surface area contributed by atoms with Crippen LogP contribution in [0.3, 0.4) is 0 Å². The van der Waals surface area contributed by atoms with Gasteiger partial charge in [-0.05, 0) is 34.1 Å². The van der Waals surface area contributed by atoms with Gasteiger partial charge in [0.1, 0.15) is 5.60 Å². The van der Waals surface area contributed by atoms with Gasteiger partial charge in [0.25, 0.3) is 0 Å². The molecule has 0 spiro atoms. The Hall–Kier alpha value is -0.773. The van der Waals surface area contributed by atoms with Crippen LogP contribution in [0.1, 0.15) is 34.1 Å². The summed E-state index contributed by atoms with van der Waals surface area (Å²) in [4.78, 5) is 13.9. The number of hydrogen-bond donors (Lipinski definition) is 0. The van der Waals surface area contributed by atoms with Crippen molar-refractivity contribution in [2.45, 2.75) is 65.4 Å². The van der Waals surface area contributed by atoms with Gasteiger partial charge in [0.2, 0.25) is 0 Å². The molecule has 0 aromatic carbocycles. The fourth-order valence-electron chi connectivity index (χ4n) is 2.09. The smallest absolute Gasteiger partial charge is 0.410 e. The van der Waals surface area contributed by atoms with E-state index < -0.39 is 13.7 Å². The Labute approximate surface area is 112 Å². The van der Waals surface area contributed by atoms with Crippen molar-refractivity contribution in [1.82, 2.24) is 4.90 Å². The van der Waals surface area contributed by atoms with E-state index in [9.17, 15) is 4.79 Å². The number of carbonyl (C=O) groups excluding carboxylic acids is 1. The summed E-state index contributed by atoms with van der Waals surface area (Å²) in [5.41, 5.74) is -0.417. The molecule has 1 heterocycles. The lowest BCUT2D eigenvalue weighted by molar-refractivity contribution is 0.0193. The molecule has 0 aliphatic carbocycles. The van der Waals surface area contributed by atoms with Gasteiger partial charge in [-0.1, -0.05) is 30.9 Å². The molecule has 1 aliphatic heterocycles. The van der Waals surface area contributed by atoms with Gasteiger partial charge in [-0.2, -0.15) is 0 Å². The maximum Gasteiger partial charge on any atom is 0.410 e. The summed E-state index contributed by atoms with van der Waals surface area (Å²) in [5.74, 6) is 0. The van der Waals surface area contributed by atoms with Crippen LogP contribution in [0.2, 0.25) is 19.6 Å². The van der Waals surface area contributed by atoms with Gasteiger partial charge >= 0.3 is 6.09 Å². The van der Waals surface area contributed by atoms with E-state index >= 15 is 0 Å². The molecule has 0 fully saturated rings. The van der Waals surface area contributed by atoms with E-state index in [0.717, 1.165) is 6.42 Å². The van der Waals surface area contributed by atoms with Gasteiger partial charge < -0.3 is 9.64 Å². The Kier molecular flexibility index (Phi) is 4.31. The topological polar surface area (TPSA) is 29.5 Å². The Morgan fingerprint density at radius 2 is 1.94 bits per heavy atom. The van der Waals surface area contributed by atoms with Crippen LogP contribution in [0.15, 0.2) is 11.3 Å². The number of nitrogens with zero attached hydrogens (tertiary/aromatic N) is 1. The van der Waals surface area contributed by atoms with Crippen LogP contribution in [-0.4, -0.2) is 37.3 Å². The van der Waals surface area contributed by atoms with Crippen molar-refractivity contribution >= 4 is 14.2 Å². The Balaban J connectivity index is 2.73. The second-order valence-corrected chi connectivity index (χ2v) is 12.3. The summed E-state index contributed by atoms with van der Waals surface area (Å²) >= 11 is 0.